The fourth-order valence-corrected chi connectivity index (χ4v) is 5.24. The van der Waals surface area contributed by atoms with E-state index >= 15 is 0 Å². The topological polar surface area (TPSA) is 9.23 Å². The zero-order chi connectivity index (χ0) is 18.7. The van der Waals surface area contributed by atoms with E-state index in [1.165, 1.54) is 15.4 Å². The summed E-state index contributed by atoms with van der Waals surface area (Å²) in [7, 11) is 0. The molecule has 1 nitrogen and oxygen atoms in total. The van der Waals surface area contributed by atoms with Crippen molar-refractivity contribution in [3.05, 3.63) is 103 Å². The summed E-state index contributed by atoms with van der Waals surface area (Å²) in [5.74, 6) is 0.971. The van der Waals surface area contributed by atoms with Gasteiger partial charge in [-0.2, -0.15) is 0 Å². The van der Waals surface area contributed by atoms with Gasteiger partial charge < -0.3 is 4.74 Å². The van der Waals surface area contributed by atoms with Gasteiger partial charge in [0.1, 0.15) is 5.75 Å². The van der Waals surface area contributed by atoms with E-state index in [1.54, 1.807) is 0 Å². The van der Waals surface area contributed by atoms with Crippen LogP contribution < -0.4 is 4.74 Å². The van der Waals surface area contributed by atoms with Gasteiger partial charge in [0.25, 0.3) is 0 Å². The minimum atomic E-state index is 0.213. The van der Waals surface area contributed by atoms with Crippen LogP contribution in [0.4, 0.5) is 0 Å². The molecule has 3 heteroatoms. The highest BCUT2D eigenvalue weighted by atomic mass is 32.2. The number of hydrogen-bond donors (Lipinski definition) is 0. The SMILES string of the molecule is C=CCCCOc1ccccc1C(Sc1ccccc1)Sc1ccccc1. The Morgan fingerprint density at radius 2 is 1.33 bits per heavy atom. The molecule has 0 aliphatic rings. The number of hydrogen-bond acceptors (Lipinski definition) is 3. The molecule has 0 saturated carbocycles. The van der Waals surface area contributed by atoms with Crippen LogP contribution in [0.15, 0.2) is 107 Å². The number of unbranched alkanes of at least 4 members (excludes halogenated alkanes) is 1. The van der Waals surface area contributed by atoms with Crippen LogP contribution in [0.3, 0.4) is 0 Å². The van der Waals surface area contributed by atoms with Crippen LogP contribution in [0, 0.1) is 0 Å². The van der Waals surface area contributed by atoms with Crippen molar-refractivity contribution in [1.29, 1.82) is 0 Å². The van der Waals surface area contributed by atoms with E-state index in [0.717, 1.165) is 18.6 Å². The predicted molar refractivity (Wildman–Crippen MR) is 119 cm³/mol. The van der Waals surface area contributed by atoms with Gasteiger partial charge in [0.15, 0.2) is 0 Å². The van der Waals surface area contributed by atoms with Crippen LogP contribution in [0.25, 0.3) is 0 Å². The first-order valence-electron chi connectivity index (χ1n) is 9.13. The molecular formula is C24H24OS2. The van der Waals surface area contributed by atoms with Gasteiger partial charge >= 0.3 is 0 Å². The molecule has 0 aliphatic carbocycles. The second-order valence-electron chi connectivity index (χ2n) is 6.01. The minimum Gasteiger partial charge on any atom is -0.493 e. The first-order chi connectivity index (χ1) is 13.4. The van der Waals surface area contributed by atoms with E-state index in [2.05, 4.69) is 85.4 Å². The van der Waals surface area contributed by atoms with Crippen LogP contribution in [0.5, 0.6) is 5.75 Å². The maximum atomic E-state index is 6.12. The molecule has 0 atom stereocenters. The molecule has 3 aromatic rings. The number of thioether (sulfide) groups is 2. The van der Waals surface area contributed by atoms with E-state index in [-0.39, 0.29) is 4.58 Å². The standard InChI is InChI=1S/C24H24OS2/c1-2-3-12-19-25-23-18-11-10-17-22(23)24(26-20-13-6-4-7-14-20)27-21-15-8-5-9-16-21/h2,4-11,13-18,24H,1,3,12,19H2. The Hall–Kier alpha value is -2.10. The zero-order valence-corrected chi connectivity index (χ0v) is 16.9. The molecule has 0 fully saturated rings. The van der Waals surface area contributed by atoms with Gasteiger partial charge in [-0.05, 0) is 43.2 Å². The number of allylic oxidation sites excluding steroid dienone is 1. The van der Waals surface area contributed by atoms with Crippen LogP contribution in [-0.2, 0) is 0 Å². The molecule has 0 unspecified atom stereocenters. The summed E-state index contributed by atoms with van der Waals surface area (Å²) in [6.07, 6.45) is 3.90. The third kappa shape index (κ3) is 6.23. The largest absolute Gasteiger partial charge is 0.493 e. The van der Waals surface area contributed by atoms with E-state index in [0.29, 0.717) is 6.61 Å². The third-order valence-electron chi connectivity index (χ3n) is 3.96. The van der Waals surface area contributed by atoms with Crippen molar-refractivity contribution < 1.29 is 4.74 Å². The highest BCUT2D eigenvalue weighted by molar-refractivity contribution is 8.16. The third-order valence-corrected chi connectivity index (χ3v) is 6.56. The van der Waals surface area contributed by atoms with E-state index < -0.39 is 0 Å². The fraction of sp³-hybridized carbons (Fsp3) is 0.167. The summed E-state index contributed by atoms with van der Waals surface area (Å²) in [6.45, 7) is 4.49. The molecule has 0 N–H and O–H groups in total. The molecule has 0 radical (unpaired) electrons. The molecular weight excluding hydrogens is 368 g/mol. The van der Waals surface area contributed by atoms with Gasteiger partial charge in [0.05, 0.1) is 11.2 Å². The minimum absolute atomic E-state index is 0.213. The Kier molecular flexibility index (Phi) is 7.94. The normalized spacial score (nSPS) is 10.7. The van der Waals surface area contributed by atoms with Crippen molar-refractivity contribution in [3.63, 3.8) is 0 Å². The smallest absolute Gasteiger partial charge is 0.124 e. The monoisotopic (exact) mass is 392 g/mol. The molecule has 0 aromatic heterocycles. The van der Waals surface area contributed by atoms with Gasteiger partial charge in [-0.15, -0.1) is 30.1 Å². The average Bonchev–Trinajstić information content (AvgIpc) is 2.73. The van der Waals surface area contributed by atoms with Crippen molar-refractivity contribution in [2.75, 3.05) is 6.61 Å². The van der Waals surface area contributed by atoms with Crippen molar-refractivity contribution >= 4 is 23.5 Å². The Balaban J connectivity index is 1.84. The number of para-hydroxylation sites is 1. The molecule has 3 aromatic carbocycles. The maximum absolute atomic E-state index is 6.12. The van der Waals surface area contributed by atoms with Gasteiger partial charge in [-0.25, -0.2) is 0 Å². The van der Waals surface area contributed by atoms with Crippen molar-refractivity contribution in [2.24, 2.45) is 0 Å². The van der Waals surface area contributed by atoms with E-state index in [1.807, 2.05) is 35.7 Å². The fourth-order valence-electron chi connectivity index (χ4n) is 2.61. The van der Waals surface area contributed by atoms with Gasteiger partial charge in [0.2, 0.25) is 0 Å². The molecule has 0 bridgehead atoms. The lowest BCUT2D eigenvalue weighted by molar-refractivity contribution is 0.310. The number of ether oxygens (including phenoxy) is 1. The Morgan fingerprint density at radius 3 is 1.93 bits per heavy atom. The Morgan fingerprint density at radius 1 is 0.778 bits per heavy atom. The molecule has 3 rings (SSSR count). The van der Waals surface area contributed by atoms with Crippen LogP contribution in [-0.4, -0.2) is 6.61 Å². The summed E-state index contributed by atoms with van der Waals surface area (Å²) >= 11 is 3.72. The predicted octanol–water partition coefficient (Wildman–Crippen LogP) is 7.61. The quantitative estimate of drug-likeness (QED) is 0.152. The van der Waals surface area contributed by atoms with Crippen molar-refractivity contribution in [3.8, 4) is 5.75 Å². The van der Waals surface area contributed by atoms with Crippen LogP contribution in [0.1, 0.15) is 23.0 Å². The molecule has 0 saturated heterocycles. The highest BCUT2D eigenvalue weighted by Gasteiger charge is 2.19. The number of rotatable bonds is 10. The number of benzene rings is 3. The van der Waals surface area contributed by atoms with Crippen LogP contribution >= 0.6 is 23.5 Å². The average molecular weight is 393 g/mol. The van der Waals surface area contributed by atoms with Gasteiger partial charge in [0, 0.05) is 15.4 Å². The van der Waals surface area contributed by atoms with Crippen LogP contribution in [0.2, 0.25) is 0 Å². The first kappa shape index (κ1) is 19.7. The zero-order valence-electron chi connectivity index (χ0n) is 15.3. The Bertz CT molecular complexity index is 777. The summed E-state index contributed by atoms with van der Waals surface area (Å²) in [4.78, 5) is 2.51. The summed E-state index contributed by atoms with van der Waals surface area (Å²) in [5, 5.41) is 0. The second kappa shape index (κ2) is 10.9. The van der Waals surface area contributed by atoms with Gasteiger partial charge in [-0.3, -0.25) is 0 Å². The lowest BCUT2D eigenvalue weighted by Gasteiger charge is -2.20. The summed E-state index contributed by atoms with van der Waals surface area (Å²) in [5.41, 5.74) is 1.22. The Labute approximate surface area is 170 Å². The highest BCUT2D eigenvalue weighted by Crippen LogP contribution is 2.49. The maximum Gasteiger partial charge on any atom is 0.124 e. The first-order valence-corrected chi connectivity index (χ1v) is 10.9. The lowest BCUT2D eigenvalue weighted by atomic mass is 10.2. The van der Waals surface area contributed by atoms with Crippen molar-refractivity contribution in [2.45, 2.75) is 27.2 Å². The summed E-state index contributed by atoms with van der Waals surface area (Å²) in [6, 6.07) is 29.5. The molecule has 0 heterocycles. The molecule has 27 heavy (non-hydrogen) atoms. The van der Waals surface area contributed by atoms with E-state index in [9.17, 15) is 0 Å². The van der Waals surface area contributed by atoms with E-state index in [4.69, 9.17) is 4.74 Å². The molecule has 0 aliphatic heterocycles. The van der Waals surface area contributed by atoms with Crippen molar-refractivity contribution in [1.82, 2.24) is 0 Å². The second-order valence-corrected chi connectivity index (χ2v) is 8.67. The summed E-state index contributed by atoms with van der Waals surface area (Å²) < 4.78 is 6.33. The molecule has 0 spiro atoms. The van der Waals surface area contributed by atoms with Gasteiger partial charge in [-0.1, -0.05) is 60.7 Å². The molecule has 0 amide bonds. The lowest BCUT2D eigenvalue weighted by Crippen LogP contribution is -2.01. The molecule has 138 valence electrons.